The number of fused-ring (bicyclic) bond motifs is 2. The van der Waals surface area contributed by atoms with E-state index >= 15 is 0 Å². The highest BCUT2D eigenvalue weighted by molar-refractivity contribution is 7.86. The Hall–Kier alpha value is -1.61. The van der Waals surface area contributed by atoms with Gasteiger partial charge < -0.3 is 0 Å². The standard InChI is InChI=1S/C16H14F3NOS/c17-16(18,19)15-8-10(4-5-11(15)9-20)12-6-13-2-1-3-14(7-12)22(13)21/h4-6,8,13-14H,1-3,7H2. The fourth-order valence-corrected chi connectivity index (χ4v) is 5.12. The molecule has 0 spiro atoms. The molecule has 0 aromatic heterocycles. The highest BCUT2D eigenvalue weighted by Crippen LogP contribution is 2.39. The minimum Gasteiger partial charge on any atom is -0.259 e. The van der Waals surface area contributed by atoms with E-state index in [9.17, 15) is 17.4 Å². The molecule has 116 valence electrons. The van der Waals surface area contributed by atoms with E-state index in [4.69, 9.17) is 5.26 Å². The van der Waals surface area contributed by atoms with Crippen molar-refractivity contribution in [2.45, 2.75) is 42.4 Å². The number of nitriles is 1. The molecular formula is C16H14F3NOS. The average molecular weight is 325 g/mol. The molecular weight excluding hydrogens is 311 g/mol. The molecule has 2 heterocycles. The molecule has 0 amide bonds. The van der Waals surface area contributed by atoms with Gasteiger partial charge in [-0.05, 0) is 42.5 Å². The van der Waals surface area contributed by atoms with Gasteiger partial charge in [-0.2, -0.15) is 18.4 Å². The van der Waals surface area contributed by atoms with Crippen molar-refractivity contribution in [3.05, 3.63) is 41.0 Å². The van der Waals surface area contributed by atoms with E-state index in [1.165, 1.54) is 6.07 Å². The van der Waals surface area contributed by atoms with Crippen molar-refractivity contribution in [3.8, 4) is 6.07 Å². The van der Waals surface area contributed by atoms with Crippen molar-refractivity contribution < 1.29 is 17.4 Å². The number of halogens is 3. The Morgan fingerprint density at radius 2 is 2.05 bits per heavy atom. The molecule has 1 aromatic rings. The van der Waals surface area contributed by atoms with Gasteiger partial charge in [0, 0.05) is 16.0 Å². The van der Waals surface area contributed by atoms with Crippen molar-refractivity contribution in [1.82, 2.24) is 0 Å². The minimum absolute atomic E-state index is 0.0451. The van der Waals surface area contributed by atoms with E-state index in [-0.39, 0.29) is 16.1 Å². The first-order valence-electron chi connectivity index (χ1n) is 7.12. The third-order valence-electron chi connectivity index (χ3n) is 4.29. The molecule has 2 aliphatic heterocycles. The van der Waals surface area contributed by atoms with E-state index in [2.05, 4.69) is 0 Å². The third kappa shape index (κ3) is 2.70. The zero-order valence-corrected chi connectivity index (χ0v) is 12.5. The summed E-state index contributed by atoms with van der Waals surface area (Å²) in [6.07, 6.45) is 0.582. The highest BCUT2D eigenvalue weighted by Gasteiger charge is 2.36. The van der Waals surface area contributed by atoms with Crippen LogP contribution in [0.15, 0.2) is 24.3 Å². The maximum absolute atomic E-state index is 13.1. The van der Waals surface area contributed by atoms with E-state index in [0.29, 0.717) is 12.0 Å². The summed E-state index contributed by atoms with van der Waals surface area (Å²) in [7, 11) is -0.910. The van der Waals surface area contributed by atoms with Crippen molar-refractivity contribution >= 4 is 16.4 Å². The highest BCUT2D eigenvalue weighted by atomic mass is 32.2. The number of hydrogen-bond donors (Lipinski definition) is 0. The molecule has 3 rings (SSSR count). The molecule has 0 saturated carbocycles. The van der Waals surface area contributed by atoms with E-state index in [0.717, 1.165) is 30.9 Å². The first-order chi connectivity index (χ1) is 10.4. The van der Waals surface area contributed by atoms with E-state index in [1.54, 1.807) is 12.1 Å². The summed E-state index contributed by atoms with van der Waals surface area (Å²) in [4.78, 5) is 0. The molecule has 3 unspecified atom stereocenters. The first-order valence-corrected chi connectivity index (χ1v) is 8.39. The van der Waals surface area contributed by atoms with Crippen LogP contribution in [0.5, 0.6) is 0 Å². The fourth-order valence-electron chi connectivity index (χ4n) is 3.19. The quantitative estimate of drug-likeness (QED) is 0.782. The topological polar surface area (TPSA) is 40.9 Å². The molecule has 1 aromatic carbocycles. The van der Waals surface area contributed by atoms with Crippen LogP contribution in [-0.2, 0) is 17.0 Å². The van der Waals surface area contributed by atoms with Crippen LogP contribution < -0.4 is 0 Å². The maximum atomic E-state index is 13.1. The Bertz CT molecular complexity index is 702. The lowest BCUT2D eigenvalue weighted by Gasteiger charge is -2.33. The normalized spacial score (nSPS) is 27.9. The molecule has 1 saturated heterocycles. The second-order valence-corrected chi connectivity index (χ2v) is 7.62. The maximum Gasteiger partial charge on any atom is 0.417 e. The van der Waals surface area contributed by atoms with E-state index < -0.39 is 22.5 Å². The first kappa shape index (κ1) is 15.3. The zero-order chi connectivity index (χ0) is 15.9. The van der Waals surface area contributed by atoms with Crippen LogP contribution in [0.3, 0.4) is 0 Å². The van der Waals surface area contributed by atoms with Gasteiger partial charge in [0.25, 0.3) is 0 Å². The van der Waals surface area contributed by atoms with Gasteiger partial charge >= 0.3 is 6.18 Å². The Morgan fingerprint density at radius 1 is 1.27 bits per heavy atom. The Morgan fingerprint density at radius 3 is 2.68 bits per heavy atom. The molecule has 2 aliphatic rings. The molecule has 0 N–H and O–H groups in total. The summed E-state index contributed by atoms with van der Waals surface area (Å²) in [5, 5.41) is 8.84. The van der Waals surface area contributed by atoms with Gasteiger partial charge in [0.15, 0.2) is 0 Å². The summed E-state index contributed by atoms with van der Waals surface area (Å²) >= 11 is 0. The van der Waals surface area contributed by atoms with Crippen molar-refractivity contribution in [3.63, 3.8) is 0 Å². The number of rotatable bonds is 1. The predicted octanol–water partition coefficient (Wildman–Crippen LogP) is 4.03. The van der Waals surface area contributed by atoms with Gasteiger partial charge in [0.2, 0.25) is 0 Å². The molecule has 22 heavy (non-hydrogen) atoms. The number of nitrogens with zero attached hydrogens (tertiary/aromatic N) is 1. The summed E-state index contributed by atoms with van der Waals surface area (Å²) < 4.78 is 51.3. The number of alkyl halides is 3. The summed E-state index contributed by atoms with van der Waals surface area (Å²) in [5.41, 5.74) is 0.0471. The van der Waals surface area contributed by atoms with Gasteiger partial charge in [-0.25, -0.2) is 0 Å². The van der Waals surface area contributed by atoms with Crippen LogP contribution in [0.1, 0.15) is 42.4 Å². The van der Waals surface area contributed by atoms with Crippen LogP contribution >= 0.6 is 0 Å². The summed E-state index contributed by atoms with van der Waals surface area (Å²) in [5.74, 6) is 0. The SMILES string of the molecule is N#Cc1ccc(C2=CC3CCCC(C2)S3=O)cc1C(F)(F)F. The van der Waals surface area contributed by atoms with Crippen molar-refractivity contribution in [2.24, 2.45) is 0 Å². The van der Waals surface area contributed by atoms with Crippen LogP contribution in [-0.4, -0.2) is 14.7 Å². The van der Waals surface area contributed by atoms with Crippen LogP contribution in [0.4, 0.5) is 13.2 Å². The summed E-state index contributed by atoms with van der Waals surface area (Å²) in [6.45, 7) is 0. The summed E-state index contributed by atoms with van der Waals surface area (Å²) in [6, 6.07) is 5.42. The van der Waals surface area contributed by atoms with Crippen LogP contribution in [0.2, 0.25) is 0 Å². The third-order valence-corrected chi connectivity index (χ3v) is 6.32. The molecule has 0 radical (unpaired) electrons. The Balaban J connectivity index is 2.03. The Labute approximate surface area is 129 Å². The number of allylic oxidation sites excluding steroid dienone is 1. The monoisotopic (exact) mass is 325 g/mol. The molecule has 2 nitrogen and oxygen atoms in total. The van der Waals surface area contributed by atoms with Crippen LogP contribution in [0.25, 0.3) is 5.57 Å². The second-order valence-electron chi connectivity index (χ2n) is 5.69. The lowest BCUT2D eigenvalue weighted by Crippen LogP contribution is -2.33. The Kier molecular flexibility index (Phi) is 3.85. The van der Waals surface area contributed by atoms with Crippen molar-refractivity contribution in [1.29, 1.82) is 5.26 Å². The largest absolute Gasteiger partial charge is 0.417 e. The lowest BCUT2D eigenvalue weighted by molar-refractivity contribution is -0.137. The van der Waals surface area contributed by atoms with Gasteiger partial charge in [-0.1, -0.05) is 18.6 Å². The van der Waals surface area contributed by atoms with Gasteiger partial charge in [-0.15, -0.1) is 0 Å². The number of benzene rings is 1. The van der Waals surface area contributed by atoms with Crippen molar-refractivity contribution in [2.75, 3.05) is 0 Å². The van der Waals surface area contributed by atoms with Gasteiger partial charge in [0.05, 0.1) is 22.4 Å². The molecule has 6 heteroatoms. The van der Waals surface area contributed by atoms with Gasteiger partial charge in [0.1, 0.15) is 0 Å². The minimum atomic E-state index is -4.55. The smallest absolute Gasteiger partial charge is 0.259 e. The zero-order valence-electron chi connectivity index (χ0n) is 11.7. The lowest BCUT2D eigenvalue weighted by atomic mass is 9.91. The second kappa shape index (κ2) is 5.54. The fraction of sp³-hybridized carbons (Fsp3) is 0.438. The molecule has 0 aliphatic carbocycles. The molecule has 1 fully saturated rings. The predicted molar refractivity (Wildman–Crippen MR) is 78.3 cm³/mol. The van der Waals surface area contributed by atoms with E-state index in [1.807, 2.05) is 6.08 Å². The van der Waals surface area contributed by atoms with Crippen LogP contribution in [0, 0.1) is 11.3 Å². The molecule has 2 bridgehead atoms. The average Bonchev–Trinajstić information content (AvgIpc) is 2.45. The van der Waals surface area contributed by atoms with Gasteiger partial charge in [-0.3, -0.25) is 4.21 Å². The number of hydrogen-bond acceptors (Lipinski definition) is 2. The molecule has 3 atom stereocenters.